The Bertz CT molecular complexity index is 461. The van der Waals surface area contributed by atoms with Crippen LogP contribution in [0, 0.1) is 5.92 Å². The van der Waals surface area contributed by atoms with Gasteiger partial charge in [-0.3, -0.25) is 0 Å². The summed E-state index contributed by atoms with van der Waals surface area (Å²) >= 11 is 0. The number of aliphatic hydroxyl groups excluding tert-OH is 1. The molecule has 1 aromatic heterocycles. The highest BCUT2D eigenvalue weighted by Gasteiger charge is 2.14. The summed E-state index contributed by atoms with van der Waals surface area (Å²) in [6.45, 7) is 5.73. The normalized spacial score (nSPS) is 15.5. The van der Waals surface area contributed by atoms with E-state index in [2.05, 4.69) is 40.2 Å². The molecule has 2 heterocycles. The lowest BCUT2D eigenvalue weighted by molar-refractivity contribution is 0.207. The van der Waals surface area contributed by atoms with Gasteiger partial charge in [-0.05, 0) is 25.2 Å². The monoisotopic (exact) mass is 308 g/mol. The molecule has 0 aromatic carbocycles. The van der Waals surface area contributed by atoms with E-state index in [1.54, 1.807) is 0 Å². The lowest BCUT2D eigenvalue weighted by Gasteiger charge is -2.18. The molecule has 0 bridgehead atoms. The average molecular weight is 308 g/mol. The number of hydrogen-bond donors (Lipinski definition) is 3. The summed E-state index contributed by atoms with van der Waals surface area (Å²) < 4.78 is 2.23. The van der Waals surface area contributed by atoms with E-state index in [4.69, 9.17) is 0 Å². The Kier molecular flexibility index (Phi) is 6.24. The number of hydrogen-bond acceptors (Lipinski definition) is 3. The van der Waals surface area contributed by atoms with Crippen molar-refractivity contribution in [2.75, 3.05) is 13.2 Å². The van der Waals surface area contributed by atoms with E-state index in [9.17, 15) is 9.90 Å². The molecule has 0 aliphatic carbocycles. The fourth-order valence-electron chi connectivity index (χ4n) is 2.88. The minimum Gasteiger partial charge on any atom is -0.394 e. The first-order chi connectivity index (χ1) is 10.6. The van der Waals surface area contributed by atoms with E-state index in [0.717, 1.165) is 31.5 Å². The van der Waals surface area contributed by atoms with Crippen LogP contribution in [0.1, 0.15) is 44.6 Å². The van der Waals surface area contributed by atoms with Crippen LogP contribution in [0.2, 0.25) is 0 Å². The molecule has 1 aliphatic rings. The van der Waals surface area contributed by atoms with Gasteiger partial charge in [-0.25, -0.2) is 9.78 Å². The number of nitrogens with zero attached hydrogens (tertiary/aromatic N) is 2. The van der Waals surface area contributed by atoms with E-state index in [1.165, 1.54) is 18.7 Å². The molecule has 6 nitrogen and oxygen atoms in total. The predicted molar refractivity (Wildman–Crippen MR) is 85.7 cm³/mol. The number of carbonyl (C=O) groups is 1. The third-order valence-electron chi connectivity index (χ3n) is 3.94. The molecule has 2 rings (SSSR count). The van der Waals surface area contributed by atoms with Gasteiger partial charge in [0, 0.05) is 32.1 Å². The molecule has 1 aromatic rings. The quantitative estimate of drug-likeness (QED) is 0.713. The second kappa shape index (κ2) is 8.17. The molecule has 3 N–H and O–H groups in total. The van der Waals surface area contributed by atoms with Crippen molar-refractivity contribution < 1.29 is 9.90 Å². The van der Waals surface area contributed by atoms with E-state index in [0.29, 0.717) is 12.5 Å². The zero-order valence-corrected chi connectivity index (χ0v) is 13.6. The van der Waals surface area contributed by atoms with Gasteiger partial charge in [0.1, 0.15) is 5.82 Å². The average Bonchev–Trinajstić information content (AvgIpc) is 2.88. The first kappa shape index (κ1) is 16.8. The Morgan fingerprint density at radius 2 is 2.27 bits per heavy atom. The van der Waals surface area contributed by atoms with Gasteiger partial charge >= 0.3 is 6.03 Å². The Morgan fingerprint density at radius 1 is 1.45 bits per heavy atom. The van der Waals surface area contributed by atoms with Gasteiger partial charge < -0.3 is 20.3 Å². The summed E-state index contributed by atoms with van der Waals surface area (Å²) in [5.74, 6) is 1.61. The van der Waals surface area contributed by atoms with E-state index in [-0.39, 0.29) is 18.7 Å². The summed E-state index contributed by atoms with van der Waals surface area (Å²) in [6, 6.07) is -0.399. The van der Waals surface area contributed by atoms with Crippen molar-refractivity contribution in [2.24, 2.45) is 5.92 Å². The Balaban J connectivity index is 1.71. The van der Waals surface area contributed by atoms with Gasteiger partial charge in [0.25, 0.3) is 0 Å². The number of aliphatic hydroxyl groups is 1. The Labute approximate surface area is 132 Å². The van der Waals surface area contributed by atoms with Gasteiger partial charge in [-0.1, -0.05) is 13.8 Å². The molecule has 0 saturated carbocycles. The minimum atomic E-state index is -0.219. The van der Waals surface area contributed by atoms with Crippen LogP contribution < -0.4 is 10.6 Å². The number of carbonyl (C=O) groups excluding carboxylic acids is 1. The molecular weight excluding hydrogens is 280 g/mol. The van der Waals surface area contributed by atoms with Crippen molar-refractivity contribution >= 4 is 6.03 Å². The van der Waals surface area contributed by atoms with E-state index in [1.807, 2.05) is 0 Å². The van der Waals surface area contributed by atoms with Crippen LogP contribution in [-0.4, -0.2) is 39.9 Å². The van der Waals surface area contributed by atoms with Crippen LogP contribution in [0.15, 0.2) is 6.20 Å². The molecule has 0 saturated heterocycles. The maximum Gasteiger partial charge on any atom is 0.315 e. The molecule has 0 spiro atoms. The summed E-state index contributed by atoms with van der Waals surface area (Å²) in [5, 5.41) is 14.9. The fraction of sp³-hybridized carbons (Fsp3) is 0.750. The number of urea groups is 1. The summed E-state index contributed by atoms with van der Waals surface area (Å²) in [4.78, 5) is 16.4. The van der Waals surface area contributed by atoms with Gasteiger partial charge in [-0.15, -0.1) is 0 Å². The number of fused-ring (bicyclic) bond motifs is 1. The smallest absolute Gasteiger partial charge is 0.315 e. The fourth-order valence-corrected chi connectivity index (χ4v) is 2.88. The van der Waals surface area contributed by atoms with Gasteiger partial charge in [0.15, 0.2) is 0 Å². The lowest BCUT2D eigenvalue weighted by Crippen LogP contribution is -2.44. The van der Waals surface area contributed by atoms with Crippen molar-refractivity contribution in [1.82, 2.24) is 20.2 Å². The second-order valence-corrected chi connectivity index (χ2v) is 6.46. The number of imidazole rings is 1. The van der Waals surface area contributed by atoms with Gasteiger partial charge in [0.05, 0.1) is 18.3 Å². The highest BCUT2D eigenvalue weighted by molar-refractivity contribution is 5.74. The van der Waals surface area contributed by atoms with Gasteiger partial charge in [-0.2, -0.15) is 0 Å². The molecule has 0 fully saturated rings. The highest BCUT2D eigenvalue weighted by atomic mass is 16.3. The second-order valence-electron chi connectivity index (χ2n) is 6.46. The molecule has 1 aliphatic heterocycles. The SMILES string of the molecule is CC(C)CC(CO)NC(=O)NCCc1cn2c(n1)CCCC2. The van der Waals surface area contributed by atoms with Crippen LogP contribution >= 0.6 is 0 Å². The third-order valence-corrected chi connectivity index (χ3v) is 3.94. The van der Waals surface area contributed by atoms with Crippen molar-refractivity contribution in [2.45, 2.75) is 58.5 Å². The number of aromatic nitrogens is 2. The van der Waals surface area contributed by atoms with Crippen LogP contribution in [0.5, 0.6) is 0 Å². The Morgan fingerprint density at radius 3 is 2.95 bits per heavy atom. The zero-order chi connectivity index (χ0) is 15.9. The van der Waals surface area contributed by atoms with Crippen molar-refractivity contribution in [3.8, 4) is 0 Å². The van der Waals surface area contributed by atoms with Crippen LogP contribution in [-0.2, 0) is 19.4 Å². The molecule has 22 heavy (non-hydrogen) atoms. The number of nitrogens with one attached hydrogen (secondary N) is 2. The van der Waals surface area contributed by atoms with Crippen LogP contribution in [0.4, 0.5) is 4.79 Å². The minimum absolute atomic E-state index is 0.0284. The number of aryl methyl sites for hydroxylation is 2. The lowest BCUT2D eigenvalue weighted by atomic mass is 10.0. The standard InChI is InChI=1S/C16H28N4O2/c1-12(2)9-14(11-21)19-16(22)17-7-6-13-10-20-8-4-3-5-15(20)18-13/h10,12,14,21H,3-9,11H2,1-2H3,(H2,17,19,22). The number of amides is 2. The summed E-state index contributed by atoms with van der Waals surface area (Å²) in [7, 11) is 0. The molecule has 2 amide bonds. The topological polar surface area (TPSA) is 79.2 Å². The van der Waals surface area contributed by atoms with E-state index < -0.39 is 0 Å². The molecule has 6 heteroatoms. The Hall–Kier alpha value is -1.56. The predicted octanol–water partition coefficient (Wildman–Crippen LogP) is 1.47. The largest absolute Gasteiger partial charge is 0.394 e. The van der Waals surface area contributed by atoms with Crippen LogP contribution in [0.25, 0.3) is 0 Å². The summed E-state index contributed by atoms with van der Waals surface area (Å²) in [5.41, 5.74) is 1.04. The molecular formula is C16H28N4O2. The molecule has 0 radical (unpaired) electrons. The molecule has 124 valence electrons. The van der Waals surface area contributed by atoms with Crippen molar-refractivity contribution in [3.05, 3.63) is 17.7 Å². The van der Waals surface area contributed by atoms with Crippen LogP contribution in [0.3, 0.4) is 0 Å². The molecule has 1 atom stereocenters. The van der Waals surface area contributed by atoms with Gasteiger partial charge in [0.2, 0.25) is 0 Å². The maximum atomic E-state index is 11.8. The highest BCUT2D eigenvalue weighted by Crippen LogP contribution is 2.14. The van der Waals surface area contributed by atoms with Crippen molar-refractivity contribution in [1.29, 1.82) is 0 Å². The van der Waals surface area contributed by atoms with E-state index >= 15 is 0 Å². The maximum absolute atomic E-state index is 11.8. The first-order valence-electron chi connectivity index (χ1n) is 8.28. The van der Waals surface area contributed by atoms with Crippen molar-refractivity contribution in [3.63, 3.8) is 0 Å². The third kappa shape index (κ3) is 5.02. The summed E-state index contributed by atoms with van der Waals surface area (Å²) in [6.07, 6.45) is 7.11. The first-order valence-corrected chi connectivity index (χ1v) is 8.28. The number of rotatable bonds is 7. The zero-order valence-electron chi connectivity index (χ0n) is 13.6. The molecule has 1 unspecified atom stereocenters.